The molecule has 0 aliphatic carbocycles. The van der Waals surface area contributed by atoms with Gasteiger partial charge in [0.2, 0.25) is 0 Å². The zero-order valence-corrected chi connectivity index (χ0v) is 13.0. The van der Waals surface area contributed by atoms with E-state index in [0.717, 1.165) is 32.4 Å². The second-order valence-electron chi connectivity index (χ2n) is 6.56. The van der Waals surface area contributed by atoms with Crippen LogP contribution >= 0.6 is 0 Å². The molecule has 2 aliphatic heterocycles. The Hall–Kier alpha value is -0.900. The van der Waals surface area contributed by atoms with Gasteiger partial charge in [0.05, 0.1) is 6.10 Å². The van der Waals surface area contributed by atoms with Crippen LogP contribution in [0, 0.1) is 0 Å². The lowest BCUT2D eigenvalue weighted by Crippen LogP contribution is -2.45. The Balaban J connectivity index is 1.60. The Morgan fingerprint density at radius 3 is 2.48 bits per heavy atom. The van der Waals surface area contributed by atoms with E-state index in [2.05, 4.69) is 47.5 Å². The normalized spacial score (nSPS) is 30.5. The number of nitrogens with one attached hydrogen (secondary N) is 1. The van der Waals surface area contributed by atoms with E-state index in [9.17, 15) is 5.11 Å². The predicted molar refractivity (Wildman–Crippen MR) is 86.2 cm³/mol. The molecule has 2 N–H and O–H groups in total. The quantitative estimate of drug-likeness (QED) is 0.845. The van der Waals surface area contributed by atoms with Crippen molar-refractivity contribution in [3.05, 3.63) is 35.9 Å². The largest absolute Gasteiger partial charge is 0.393 e. The zero-order valence-electron chi connectivity index (χ0n) is 13.0. The molecule has 0 aromatic heterocycles. The van der Waals surface area contributed by atoms with Gasteiger partial charge in [0.15, 0.2) is 0 Å². The summed E-state index contributed by atoms with van der Waals surface area (Å²) in [7, 11) is 0. The van der Waals surface area contributed by atoms with E-state index in [1.165, 1.54) is 18.4 Å². The lowest BCUT2D eigenvalue weighted by molar-refractivity contribution is 0.0335. The number of hydrogen-bond acceptors (Lipinski definition) is 3. The van der Waals surface area contributed by atoms with Gasteiger partial charge >= 0.3 is 0 Å². The molecular weight excluding hydrogens is 260 g/mol. The maximum absolute atomic E-state index is 9.91. The molecule has 3 rings (SSSR count). The molecule has 3 heteroatoms. The molecular formula is C18H28N2O. The molecule has 0 spiro atoms. The van der Waals surface area contributed by atoms with Gasteiger partial charge in [-0.3, -0.25) is 4.90 Å². The fourth-order valence-corrected chi connectivity index (χ4v) is 4.21. The van der Waals surface area contributed by atoms with E-state index < -0.39 is 0 Å². The van der Waals surface area contributed by atoms with Gasteiger partial charge in [0.25, 0.3) is 0 Å². The third kappa shape index (κ3) is 3.47. The van der Waals surface area contributed by atoms with E-state index in [1.807, 2.05) is 0 Å². The van der Waals surface area contributed by atoms with Gasteiger partial charge in [0.1, 0.15) is 0 Å². The van der Waals surface area contributed by atoms with Crippen LogP contribution in [0.15, 0.2) is 30.3 Å². The lowest BCUT2D eigenvalue weighted by atomic mass is 9.98. The summed E-state index contributed by atoms with van der Waals surface area (Å²) in [6.07, 6.45) is 5.61. The fraction of sp³-hybridized carbons (Fsp3) is 0.667. The number of fused-ring (bicyclic) bond motifs is 2. The van der Waals surface area contributed by atoms with Gasteiger partial charge in [-0.2, -0.15) is 0 Å². The summed E-state index contributed by atoms with van der Waals surface area (Å²) in [5.41, 5.74) is 1.39. The van der Waals surface area contributed by atoms with Crippen molar-refractivity contribution in [2.24, 2.45) is 0 Å². The molecule has 2 fully saturated rings. The number of aliphatic hydroxyl groups excluding tert-OH is 1. The van der Waals surface area contributed by atoms with Gasteiger partial charge in [-0.05, 0) is 44.2 Å². The molecule has 3 atom stereocenters. The van der Waals surface area contributed by atoms with Gasteiger partial charge in [-0.15, -0.1) is 0 Å². The molecule has 1 aromatic carbocycles. The summed E-state index contributed by atoms with van der Waals surface area (Å²) in [6, 6.07) is 12.5. The van der Waals surface area contributed by atoms with Crippen LogP contribution in [0.3, 0.4) is 0 Å². The highest BCUT2D eigenvalue weighted by Crippen LogP contribution is 2.36. The van der Waals surface area contributed by atoms with Crippen molar-refractivity contribution in [3.8, 4) is 0 Å². The van der Waals surface area contributed by atoms with Crippen molar-refractivity contribution in [1.82, 2.24) is 10.2 Å². The maximum Gasteiger partial charge on any atom is 0.0570 e. The Kier molecular flexibility index (Phi) is 4.94. The zero-order chi connectivity index (χ0) is 14.7. The number of nitrogens with zero attached hydrogens (tertiary/aromatic N) is 1. The summed E-state index contributed by atoms with van der Waals surface area (Å²) in [6.45, 7) is 4.33. The first-order valence-electron chi connectivity index (χ1n) is 8.50. The van der Waals surface area contributed by atoms with Crippen molar-refractivity contribution in [1.29, 1.82) is 0 Å². The van der Waals surface area contributed by atoms with E-state index in [-0.39, 0.29) is 6.10 Å². The average Bonchev–Trinajstić information content (AvgIpc) is 2.75. The number of piperidine rings is 1. The molecule has 3 unspecified atom stereocenters. The smallest absolute Gasteiger partial charge is 0.0570 e. The summed E-state index contributed by atoms with van der Waals surface area (Å²) < 4.78 is 0. The number of aliphatic hydroxyl groups is 1. The van der Waals surface area contributed by atoms with E-state index in [0.29, 0.717) is 18.1 Å². The van der Waals surface area contributed by atoms with Crippen molar-refractivity contribution < 1.29 is 5.11 Å². The molecule has 2 heterocycles. The van der Waals surface area contributed by atoms with Crippen LogP contribution in [0.4, 0.5) is 0 Å². The van der Waals surface area contributed by atoms with Gasteiger partial charge in [-0.25, -0.2) is 0 Å². The van der Waals surface area contributed by atoms with Gasteiger partial charge < -0.3 is 10.4 Å². The summed E-state index contributed by atoms with van der Waals surface area (Å²) >= 11 is 0. The molecule has 0 radical (unpaired) electrons. The van der Waals surface area contributed by atoms with Crippen LogP contribution in [-0.4, -0.2) is 41.3 Å². The fourth-order valence-electron chi connectivity index (χ4n) is 4.21. The molecule has 0 amide bonds. The molecule has 116 valence electrons. The second kappa shape index (κ2) is 6.91. The minimum Gasteiger partial charge on any atom is -0.393 e. The minimum absolute atomic E-state index is 0.0579. The molecule has 2 saturated heterocycles. The number of rotatable bonds is 6. The minimum atomic E-state index is -0.0579. The standard InChI is InChI=1S/C18H28N2O/c1-2-19-18(14-6-4-3-5-7-14)10-11-20-15-8-9-16(20)13-17(21)12-15/h3-7,15-19,21H,2,8-13H2,1H3. The Labute approximate surface area is 128 Å². The topological polar surface area (TPSA) is 35.5 Å². The van der Waals surface area contributed by atoms with Gasteiger partial charge in [-0.1, -0.05) is 37.3 Å². The highest BCUT2D eigenvalue weighted by molar-refractivity contribution is 5.19. The van der Waals surface area contributed by atoms with Crippen molar-refractivity contribution in [3.63, 3.8) is 0 Å². The molecule has 21 heavy (non-hydrogen) atoms. The first kappa shape index (κ1) is 15.0. The molecule has 1 aromatic rings. The molecule has 2 aliphatic rings. The highest BCUT2D eigenvalue weighted by Gasteiger charge is 2.39. The summed E-state index contributed by atoms with van der Waals surface area (Å²) in [5.74, 6) is 0. The predicted octanol–water partition coefficient (Wildman–Crippen LogP) is 2.72. The first-order valence-corrected chi connectivity index (χ1v) is 8.50. The third-order valence-electron chi connectivity index (χ3n) is 5.19. The maximum atomic E-state index is 9.91. The highest BCUT2D eigenvalue weighted by atomic mass is 16.3. The molecule has 2 bridgehead atoms. The Morgan fingerprint density at radius 2 is 1.86 bits per heavy atom. The molecule has 0 saturated carbocycles. The SMILES string of the molecule is CCNC(CCN1C2CCC1CC(O)C2)c1ccccc1. The lowest BCUT2D eigenvalue weighted by Gasteiger charge is -2.38. The monoisotopic (exact) mass is 288 g/mol. The number of hydrogen-bond donors (Lipinski definition) is 2. The first-order chi connectivity index (χ1) is 10.3. The Morgan fingerprint density at radius 1 is 1.19 bits per heavy atom. The Bertz CT molecular complexity index is 422. The van der Waals surface area contributed by atoms with Crippen LogP contribution in [0.5, 0.6) is 0 Å². The van der Waals surface area contributed by atoms with E-state index in [1.54, 1.807) is 0 Å². The van der Waals surface area contributed by atoms with Crippen molar-refractivity contribution in [2.75, 3.05) is 13.1 Å². The van der Waals surface area contributed by atoms with Gasteiger partial charge in [0, 0.05) is 24.7 Å². The van der Waals surface area contributed by atoms with Crippen molar-refractivity contribution in [2.45, 2.75) is 63.3 Å². The van der Waals surface area contributed by atoms with Crippen LogP contribution in [-0.2, 0) is 0 Å². The van der Waals surface area contributed by atoms with E-state index >= 15 is 0 Å². The second-order valence-corrected chi connectivity index (χ2v) is 6.56. The number of benzene rings is 1. The van der Waals surface area contributed by atoms with Crippen LogP contribution in [0.1, 0.15) is 50.6 Å². The third-order valence-corrected chi connectivity index (χ3v) is 5.19. The van der Waals surface area contributed by atoms with Crippen molar-refractivity contribution >= 4 is 0 Å². The van der Waals surface area contributed by atoms with Crippen LogP contribution in [0.2, 0.25) is 0 Å². The van der Waals surface area contributed by atoms with Crippen LogP contribution < -0.4 is 5.32 Å². The summed E-state index contributed by atoms with van der Waals surface area (Å²) in [5, 5.41) is 13.5. The summed E-state index contributed by atoms with van der Waals surface area (Å²) in [4.78, 5) is 2.67. The van der Waals surface area contributed by atoms with Crippen LogP contribution in [0.25, 0.3) is 0 Å². The molecule has 3 nitrogen and oxygen atoms in total. The average molecular weight is 288 g/mol. The van der Waals surface area contributed by atoms with E-state index in [4.69, 9.17) is 0 Å².